The summed E-state index contributed by atoms with van der Waals surface area (Å²) in [4.78, 5) is 30.4. The first kappa shape index (κ1) is 22.1. The lowest BCUT2D eigenvalue weighted by Crippen LogP contribution is -3.13. The number of carbonyl (C=O) groups excluding carboxylic acids is 1. The molecule has 3 aromatic carbocycles. The topological polar surface area (TPSA) is 46.8 Å². The molecule has 0 atom stereocenters. The average Bonchev–Trinajstić information content (AvgIpc) is 2.87. The van der Waals surface area contributed by atoms with Gasteiger partial charge in [-0.15, -0.1) is 0 Å². The second-order valence-corrected chi connectivity index (χ2v) is 9.24. The van der Waals surface area contributed by atoms with Crippen LogP contribution in [0.15, 0.2) is 83.8 Å². The van der Waals surface area contributed by atoms with Gasteiger partial charge in [0.05, 0.1) is 31.7 Å². The van der Waals surface area contributed by atoms with E-state index in [1.165, 1.54) is 16.0 Å². The van der Waals surface area contributed by atoms with Crippen LogP contribution in [-0.4, -0.2) is 41.6 Å². The van der Waals surface area contributed by atoms with Crippen molar-refractivity contribution in [1.29, 1.82) is 0 Å². The molecular formula is C29H30N3O2+. The number of nitrogens with one attached hydrogen (secondary N) is 1. The number of carbonyl (C=O) groups is 1. The molecule has 4 aromatic rings. The van der Waals surface area contributed by atoms with Gasteiger partial charge in [-0.3, -0.25) is 14.2 Å². The normalized spacial score (nSPS) is 14.5. The van der Waals surface area contributed by atoms with Gasteiger partial charge < -0.3 is 9.80 Å². The third-order valence-electron chi connectivity index (χ3n) is 6.98. The van der Waals surface area contributed by atoms with Gasteiger partial charge in [-0.05, 0) is 43.2 Å². The van der Waals surface area contributed by atoms with Gasteiger partial charge in [0.1, 0.15) is 6.54 Å². The van der Waals surface area contributed by atoms with Gasteiger partial charge in [0.25, 0.3) is 11.5 Å². The molecule has 1 fully saturated rings. The molecule has 0 aliphatic carbocycles. The zero-order valence-corrected chi connectivity index (χ0v) is 19.8. The Hall–Kier alpha value is -3.70. The summed E-state index contributed by atoms with van der Waals surface area (Å²) in [5.41, 5.74) is 4.87. The van der Waals surface area contributed by atoms with Crippen LogP contribution in [-0.2, 0) is 6.54 Å². The second-order valence-electron chi connectivity index (χ2n) is 9.24. The molecule has 0 spiro atoms. The quantitative estimate of drug-likeness (QED) is 0.517. The first-order chi connectivity index (χ1) is 16.5. The molecule has 0 radical (unpaired) electrons. The van der Waals surface area contributed by atoms with E-state index in [1.54, 1.807) is 10.8 Å². The van der Waals surface area contributed by atoms with Crippen LogP contribution in [0.4, 0.5) is 0 Å². The largest absolute Gasteiger partial charge is 0.328 e. The second kappa shape index (κ2) is 9.27. The Balaban J connectivity index is 1.45. The minimum absolute atomic E-state index is 0.00690. The summed E-state index contributed by atoms with van der Waals surface area (Å²) in [5, 5.41) is 1.29. The predicted octanol–water partition coefficient (Wildman–Crippen LogP) is 3.15. The number of hydrogen-bond donors (Lipinski definition) is 1. The smallest absolute Gasteiger partial charge is 0.262 e. The monoisotopic (exact) mass is 452 g/mol. The van der Waals surface area contributed by atoms with Gasteiger partial charge in [-0.2, -0.15) is 0 Å². The summed E-state index contributed by atoms with van der Waals surface area (Å²) in [6.07, 6.45) is 1.74. The summed E-state index contributed by atoms with van der Waals surface area (Å²) < 4.78 is 1.62. The SMILES string of the molecule is Cc1ccc(-n2cc(C(=O)N3CC[NH+](Cc4ccccc4)CC3)c3ccccc3c2=O)cc1C. The van der Waals surface area contributed by atoms with Crippen molar-refractivity contribution in [2.45, 2.75) is 20.4 Å². The number of pyridine rings is 1. The highest BCUT2D eigenvalue weighted by Crippen LogP contribution is 2.21. The van der Waals surface area contributed by atoms with E-state index in [0.29, 0.717) is 24.0 Å². The molecule has 1 N–H and O–H groups in total. The number of fused-ring (bicyclic) bond motifs is 1. The lowest BCUT2D eigenvalue weighted by molar-refractivity contribution is -0.917. The summed E-state index contributed by atoms with van der Waals surface area (Å²) >= 11 is 0. The zero-order valence-electron chi connectivity index (χ0n) is 19.8. The molecule has 0 saturated carbocycles. The van der Waals surface area contributed by atoms with Crippen LogP contribution < -0.4 is 10.5 Å². The van der Waals surface area contributed by atoms with Gasteiger partial charge in [0.15, 0.2) is 0 Å². The van der Waals surface area contributed by atoms with Crippen molar-refractivity contribution in [1.82, 2.24) is 9.47 Å². The number of benzene rings is 3. The number of hydrogen-bond acceptors (Lipinski definition) is 2. The molecule has 1 aliphatic rings. The van der Waals surface area contributed by atoms with Crippen LogP contribution in [0.3, 0.4) is 0 Å². The van der Waals surface area contributed by atoms with Crippen molar-refractivity contribution in [3.63, 3.8) is 0 Å². The minimum atomic E-state index is -0.104. The Morgan fingerprint density at radius 1 is 0.853 bits per heavy atom. The zero-order chi connectivity index (χ0) is 23.7. The molecule has 2 heterocycles. The third kappa shape index (κ3) is 4.27. The molecule has 0 bridgehead atoms. The number of rotatable bonds is 4. The predicted molar refractivity (Wildman–Crippen MR) is 136 cm³/mol. The lowest BCUT2D eigenvalue weighted by atomic mass is 10.0. The fourth-order valence-corrected chi connectivity index (χ4v) is 4.79. The standard InChI is InChI=1S/C29H29N3O2/c1-21-12-13-24(18-22(21)2)32-20-27(25-10-6-7-11-26(25)29(32)34)28(33)31-16-14-30(15-17-31)19-23-8-4-3-5-9-23/h3-13,18,20H,14-17,19H2,1-2H3/p+1. The Morgan fingerprint density at radius 2 is 1.53 bits per heavy atom. The van der Waals surface area contributed by atoms with Crippen LogP contribution in [0.1, 0.15) is 27.0 Å². The van der Waals surface area contributed by atoms with Crippen LogP contribution in [0.5, 0.6) is 0 Å². The molecular weight excluding hydrogens is 422 g/mol. The van der Waals surface area contributed by atoms with Gasteiger partial charge in [-0.25, -0.2) is 0 Å². The van der Waals surface area contributed by atoms with Gasteiger partial charge >= 0.3 is 0 Å². The van der Waals surface area contributed by atoms with E-state index >= 15 is 0 Å². The van der Waals surface area contributed by atoms with Gasteiger partial charge in [0, 0.05) is 28.2 Å². The lowest BCUT2D eigenvalue weighted by Gasteiger charge is -2.32. The molecule has 34 heavy (non-hydrogen) atoms. The fraction of sp³-hybridized carbons (Fsp3) is 0.241. The molecule has 172 valence electrons. The van der Waals surface area contributed by atoms with E-state index in [1.807, 2.05) is 60.4 Å². The molecule has 0 unspecified atom stereocenters. The Bertz CT molecular complexity index is 1400. The highest BCUT2D eigenvalue weighted by atomic mass is 16.2. The van der Waals surface area contributed by atoms with E-state index in [-0.39, 0.29) is 11.5 Å². The van der Waals surface area contributed by atoms with Crippen LogP contribution in [0.25, 0.3) is 16.5 Å². The van der Waals surface area contributed by atoms with Crippen molar-refractivity contribution >= 4 is 16.7 Å². The van der Waals surface area contributed by atoms with Gasteiger partial charge in [0.2, 0.25) is 0 Å². The van der Waals surface area contributed by atoms with E-state index in [4.69, 9.17) is 0 Å². The number of amides is 1. The molecule has 1 saturated heterocycles. The van der Waals surface area contributed by atoms with E-state index < -0.39 is 0 Å². The van der Waals surface area contributed by atoms with Crippen LogP contribution in [0.2, 0.25) is 0 Å². The number of nitrogens with zero attached hydrogens (tertiary/aromatic N) is 2. The van der Waals surface area contributed by atoms with Gasteiger partial charge in [-0.1, -0.05) is 54.6 Å². The summed E-state index contributed by atoms with van der Waals surface area (Å²) in [5.74, 6) is -0.00690. The van der Waals surface area contributed by atoms with Crippen LogP contribution in [0, 0.1) is 13.8 Å². The molecule has 5 nitrogen and oxygen atoms in total. The number of aryl methyl sites for hydroxylation is 2. The van der Waals surface area contributed by atoms with Crippen molar-refractivity contribution in [3.8, 4) is 5.69 Å². The summed E-state index contributed by atoms with van der Waals surface area (Å²) in [6, 6.07) is 23.9. The molecule has 1 aliphatic heterocycles. The van der Waals surface area contributed by atoms with Crippen molar-refractivity contribution in [3.05, 3.63) is 112 Å². The van der Waals surface area contributed by atoms with Crippen molar-refractivity contribution in [2.75, 3.05) is 26.2 Å². The first-order valence-electron chi connectivity index (χ1n) is 11.9. The Labute approximate surface area is 199 Å². The number of aromatic nitrogens is 1. The fourth-order valence-electron chi connectivity index (χ4n) is 4.79. The van der Waals surface area contributed by atoms with E-state index in [0.717, 1.165) is 36.3 Å². The molecule has 1 aromatic heterocycles. The van der Waals surface area contributed by atoms with E-state index in [2.05, 4.69) is 31.2 Å². The number of piperazine rings is 1. The summed E-state index contributed by atoms with van der Waals surface area (Å²) in [7, 11) is 0. The third-order valence-corrected chi connectivity index (χ3v) is 6.98. The van der Waals surface area contributed by atoms with Crippen molar-refractivity contribution < 1.29 is 9.69 Å². The number of quaternary nitrogens is 1. The minimum Gasteiger partial charge on any atom is -0.328 e. The molecule has 5 heteroatoms. The highest BCUT2D eigenvalue weighted by molar-refractivity contribution is 6.06. The van der Waals surface area contributed by atoms with E-state index in [9.17, 15) is 9.59 Å². The molecule has 5 rings (SSSR count). The van der Waals surface area contributed by atoms with Crippen molar-refractivity contribution in [2.24, 2.45) is 0 Å². The molecule has 1 amide bonds. The highest BCUT2D eigenvalue weighted by Gasteiger charge is 2.26. The van der Waals surface area contributed by atoms with Crippen LogP contribution >= 0.6 is 0 Å². The first-order valence-corrected chi connectivity index (χ1v) is 11.9. The maximum atomic E-state index is 13.7. The summed E-state index contributed by atoms with van der Waals surface area (Å²) in [6.45, 7) is 8.30. The maximum Gasteiger partial charge on any atom is 0.262 e. The Morgan fingerprint density at radius 3 is 2.24 bits per heavy atom. The maximum absolute atomic E-state index is 13.7. The Kier molecular flexibility index (Phi) is 6.03. The average molecular weight is 453 g/mol.